The second kappa shape index (κ2) is 5.43. The maximum Gasteiger partial charge on any atom is 0.120 e. The number of rotatable bonds is 4. The Kier molecular flexibility index (Phi) is 3.64. The smallest absolute Gasteiger partial charge is 0.120 e. The van der Waals surface area contributed by atoms with Gasteiger partial charge in [-0.25, -0.2) is 0 Å². The lowest BCUT2D eigenvalue weighted by Gasteiger charge is -2.17. The van der Waals surface area contributed by atoms with E-state index in [2.05, 4.69) is 49.5 Å². The normalized spacial score (nSPS) is 14.6. The van der Waals surface area contributed by atoms with Crippen molar-refractivity contribution in [2.75, 3.05) is 0 Å². The van der Waals surface area contributed by atoms with E-state index in [9.17, 15) is 0 Å². The summed E-state index contributed by atoms with van der Waals surface area (Å²) in [5, 5.41) is 4.93. The van der Waals surface area contributed by atoms with Crippen LogP contribution in [0, 0.1) is 6.92 Å². The first-order valence-corrected chi connectivity index (χ1v) is 7.76. The number of furan rings is 1. The summed E-state index contributed by atoms with van der Waals surface area (Å²) in [7, 11) is 0. The largest absolute Gasteiger partial charge is 0.465 e. The molecule has 0 bridgehead atoms. The molecule has 2 unspecified atom stereocenters. The number of hydrogen-bond donors (Lipinski definition) is 1. The molecule has 20 heavy (non-hydrogen) atoms. The van der Waals surface area contributed by atoms with Gasteiger partial charge in [-0.2, -0.15) is 0 Å². The van der Waals surface area contributed by atoms with Crippen LogP contribution in [0.25, 0.3) is 10.1 Å². The fourth-order valence-electron chi connectivity index (χ4n) is 2.44. The van der Waals surface area contributed by atoms with Crippen molar-refractivity contribution in [2.45, 2.75) is 32.9 Å². The zero-order chi connectivity index (χ0) is 14.1. The van der Waals surface area contributed by atoms with E-state index in [1.54, 1.807) is 0 Å². The van der Waals surface area contributed by atoms with Crippen molar-refractivity contribution in [1.29, 1.82) is 0 Å². The van der Waals surface area contributed by atoms with Crippen LogP contribution in [0.1, 0.15) is 42.3 Å². The van der Waals surface area contributed by atoms with Crippen LogP contribution < -0.4 is 5.32 Å². The van der Waals surface area contributed by atoms with Crippen molar-refractivity contribution in [1.82, 2.24) is 5.32 Å². The lowest BCUT2D eigenvalue weighted by molar-refractivity contribution is 0.394. The van der Waals surface area contributed by atoms with E-state index < -0.39 is 0 Å². The molecule has 0 radical (unpaired) electrons. The number of aryl methyl sites for hydroxylation is 1. The van der Waals surface area contributed by atoms with Crippen molar-refractivity contribution >= 4 is 21.4 Å². The first-order chi connectivity index (χ1) is 9.63. The molecule has 0 fully saturated rings. The molecule has 2 nitrogen and oxygen atoms in total. The maximum absolute atomic E-state index is 5.68. The van der Waals surface area contributed by atoms with Gasteiger partial charge in [0.15, 0.2) is 0 Å². The third-order valence-electron chi connectivity index (χ3n) is 3.56. The van der Waals surface area contributed by atoms with Gasteiger partial charge in [0.25, 0.3) is 0 Å². The molecule has 3 aromatic rings. The highest BCUT2D eigenvalue weighted by molar-refractivity contribution is 7.19. The molecule has 2 heterocycles. The first-order valence-electron chi connectivity index (χ1n) is 6.94. The van der Waals surface area contributed by atoms with E-state index in [0.717, 1.165) is 11.5 Å². The predicted molar refractivity (Wildman–Crippen MR) is 85.2 cm³/mol. The molecule has 1 N–H and O–H groups in total. The van der Waals surface area contributed by atoms with Gasteiger partial charge in [0.1, 0.15) is 11.5 Å². The standard InChI is InChI=1S/C17H19NOS/c1-11-8-9-15(19-11)12(2)18-13(3)17-10-14-6-4-5-7-16(14)20-17/h4-10,12-13,18H,1-3H3. The Morgan fingerprint density at radius 3 is 2.55 bits per heavy atom. The molecule has 104 valence electrons. The van der Waals surface area contributed by atoms with Crippen LogP contribution in [0.15, 0.2) is 46.9 Å². The highest BCUT2D eigenvalue weighted by Crippen LogP contribution is 2.31. The van der Waals surface area contributed by atoms with E-state index in [4.69, 9.17) is 4.42 Å². The molecule has 3 rings (SSSR count). The third-order valence-corrected chi connectivity index (χ3v) is 4.86. The van der Waals surface area contributed by atoms with Crippen molar-refractivity contribution < 1.29 is 4.42 Å². The second-order valence-corrected chi connectivity index (χ2v) is 6.36. The Morgan fingerprint density at radius 1 is 1.05 bits per heavy atom. The number of thiophene rings is 1. The van der Waals surface area contributed by atoms with Crippen molar-refractivity contribution in [2.24, 2.45) is 0 Å². The monoisotopic (exact) mass is 285 g/mol. The van der Waals surface area contributed by atoms with Gasteiger partial charge in [-0.1, -0.05) is 18.2 Å². The first kappa shape index (κ1) is 13.4. The third kappa shape index (κ3) is 2.65. The van der Waals surface area contributed by atoms with Gasteiger partial charge in [-0.15, -0.1) is 11.3 Å². The summed E-state index contributed by atoms with van der Waals surface area (Å²) < 4.78 is 7.03. The van der Waals surface area contributed by atoms with Crippen LogP contribution in [0.4, 0.5) is 0 Å². The molecule has 0 saturated heterocycles. The Balaban J connectivity index is 1.76. The Morgan fingerprint density at radius 2 is 1.85 bits per heavy atom. The summed E-state index contributed by atoms with van der Waals surface area (Å²) in [5.74, 6) is 1.96. The van der Waals surface area contributed by atoms with Crippen LogP contribution in [-0.2, 0) is 0 Å². The Hall–Kier alpha value is -1.58. The summed E-state index contributed by atoms with van der Waals surface area (Å²) >= 11 is 1.85. The SMILES string of the molecule is Cc1ccc(C(C)NC(C)c2cc3ccccc3s2)o1. The van der Waals surface area contributed by atoms with Crippen LogP contribution in [0.2, 0.25) is 0 Å². The van der Waals surface area contributed by atoms with E-state index in [1.807, 2.05) is 30.4 Å². The molecule has 2 atom stereocenters. The average molecular weight is 285 g/mol. The van der Waals surface area contributed by atoms with Crippen LogP contribution in [0.3, 0.4) is 0 Å². The molecule has 0 aliphatic carbocycles. The zero-order valence-electron chi connectivity index (χ0n) is 12.0. The summed E-state index contributed by atoms with van der Waals surface area (Å²) in [5.41, 5.74) is 0. The van der Waals surface area contributed by atoms with E-state index in [0.29, 0.717) is 6.04 Å². The van der Waals surface area contributed by atoms with Gasteiger partial charge < -0.3 is 9.73 Å². The van der Waals surface area contributed by atoms with E-state index in [1.165, 1.54) is 15.0 Å². The van der Waals surface area contributed by atoms with E-state index >= 15 is 0 Å². The second-order valence-electron chi connectivity index (χ2n) is 5.25. The maximum atomic E-state index is 5.68. The van der Waals surface area contributed by atoms with Crippen molar-refractivity contribution in [3.8, 4) is 0 Å². The average Bonchev–Trinajstić information content (AvgIpc) is 3.04. The van der Waals surface area contributed by atoms with Gasteiger partial charge in [0, 0.05) is 15.6 Å². The topological polar surface area (TPSA) is 25.2 Å². The van der Waals surface area contributed by atoms with Crippen molar-refractivity contribution in [3.05, 3.63) is 58.9 Å². The number of nitrogens with one attached hydrogen (secondary N) is 1. The van der Waals surface area contributed by atoms with Gasteiger partial charge in [0.05, 0.1) is 6.04 Å². The predicted octanol–water partition coefficient (Wildman–Crippen LogP) is 5.21. The summed E-state index contributed by atoms with van der Waals surface area (Å²) in [6.45, 7) is 6.32. The van der Waals surface area contributed by atoms with Crippen LogP contribution in [-0.4, -0.2) is 0 Å². The minimum atomic E-state index is 0.212. The Labute approximate surface area is 123 Å². The number of benzene rings is 1. The van der Waals surface area contributed by atoms with Gasteiger partial charge in [0.2, 0.25) is 0 Å². The summed E-state index contributed by atoms with van der Waals surface area (Å²) in [6.07, 6.45) is 0. The van der Waals surface area contributed by atoms with Crippen LogP contribution in [0.5, 0.6) is 0 Å². The van der Waals surface area contributed by atoms with Gasteiger partial charge >= 0.3 is 0 Å². The van der Waals surface area contributed by atoms with E-state index in [-0.39, 0.29) is 6.04 Å². The lowest BCUT2D eigenvalue weighted by atomic mass is 10.2. The number of hydrogen-bond acceptors (Lipinski definition) is 3. The molecular weight excluding hydrogens is 266 g/mol. The van der Waals surface area contributed by atoms with Gasteiger partial charge in [-0.3, -0.25) is 0 Å². The highest BCUT2D eigenvalue weighted by Gasteiger charge is 2.15. The molecular formula is C17H19NOS. The van der Waals surface area contributed by atoms with Crippen molar-refractivity contribution in [3.63, 3.8) is 0 Å². The molecule has 0 aliphatic rings. The quantitative estimate of drug-likeness (QED) is 0.711. The summed E-state index contributed by atoms with van der Waals surface area (Å²) in [6, 6.07) is 15.4. The molecule has 2 aromatic heterocycles. The molecule has 3 heteroatoms. The molecule has 0 amide bonds. The minimum Gasteiger partial charge on any atom is -0.465 e. The summed E-state index contributed by atoms with van der Waals surface area (Å²) in [4.78, 5) is 1.36. The van der Waals surface area contributed by atoms with Gasteiger partial charge in [-0.05, 0) is 50.4 Å². The highest BCUT2D eigenvalue weighted by atomic mass is 32.1. The fourth-order valence-corrected chi connectivity index (χ4v) is 3.52. The molecule has 1 aromatic carbocycles. The molecule has 0 spiro atoms. The van der Waals surface area contributed by atoms with Crippen LogP contribution >= 0.6 is 11.3 Å². The Bertz CT molecular complexity index is 679. The zero-order valence-corrected chi connectivity index (χ0v) is 12.8. The minimum absolute atomic E-state index is 0.212. The lowest BCUT2D eigenvalue weighted by Crippen LogP contribution is -2.21. The number of fused-ring (bicyclic) bond motifs is 1. The fraction of sp³-hybridized carbons (Fsp3) is 0.294. The molecule has 0 aliphatic heterocycles. The molecule has 0 saturated carbocycles.